The fourth-order valence-electron chi connectivity index (χ4n) is 10.6. The second-order valence-corrected chi connectivity index (χ2v) is 20.3. The van der Waals surface area contributed by atoms with Crippen molar-refractivity contribution in [1.29, 1.82) is 0 Å². The number of anilines is 6. The molecule has 10 rings (SSSR count). The van der Waals surface area contributed by atoms with E-state index in [0.29, 0.717) is 0 Å². The van der Waals surface area contributed by atoms with Crippen LogP contribution >= 0.6 is 0 Å². The highest BCUT2D eigenvalue weighted by Gasteiger charge is 2.40. The number of nitrogens with zero attached hydrogens (tertiary/aromatic N) is 2. The number of benzene rings is 7. The smallest absolute Gasteiger partial charge is 0.0558 e. The van der Waals surface area contributed by atoms with Gasteiger partial charge in [0.05, 0.1) is 22.7 Å². The average Bonchev–Trinajstić information content (AvgIpc) is 3.32. The van der Waals surface area contributed by atoms with E-state index in [1.807, 2.05) is 0 Å². The minimum atomic E-state index is 0.0323. The molecule has 0 aliphatic heterocycles. The summed E-state index contributed by atoms with van der Waals surface area (Å²) in [6.07, 6.45) is 14.9. The summed E-state index contributed by atoms with van der Waals surface area (Å²) in [5.41, 5.74) is 23.8. The van der Waals surface area contributed by atoms with Gasteiger partial charge < -0.3 is 9.80 Å². The first-order valence-corrected chi connectivity index (χ1v) is 24.0. The first-order valence-electron chi connectivity index (χ1n) is 24.0. The van der Waals surface area contributed by atoms with Gasteiger partial charge in [0.15, 0.2) is 0 Å². The van der Waals surface area contributed by atoms with Crippen LogP contribution in [0.2, 0.25) is 0 Å². The van der Waals surface area contributed by atoms with Gasteiger partial charge in [-0.2, -0.15) is 0 Å². The van der Waals surface area contributed by atoms with Crippen LogP contribution in [0.3, 0.4) is 0 Å². The topological polar surface area (TPSA) is 6.48 Å². The quantitative estimate of drug-likeness (QED) is 0.135. The van der Waals surface area contributed by atoms with Crippen LogP contribution in [0.4, 0.5) is 34.1 Å². The van der Waals surface area contributed by atoms with E-state index >= 15 is 0 Å². The summed E-state index contributed by atoms with van der Waals surface area (Å²) in [6.45, 7) is 20.9. The van der Waals surface area contributed by atoms with Crippen LogP contribution < -0.4 is 9.80 Å². The maximum atomic E-state index is 2.61. The highest BCUT2D eigenvalue weighted by atomic mass is 15.2. The Morgan fingerprint density at radius 1 is 0.455 bits per heavy atom. The molecule has 2 unspecified atom stereocenters. The number of hydrogen-bond acceptors (Lipinski definition) is 2. The summed E-state index contributed by atoms with van der Waals surface area (Å²) in [5, 5.41) is 0. The Labute approximate surface area is 394 Å². The summed E-state index contributed by atoms with van der Waals surface area (Å²) < 4.78 is 0. The van der Waals surface area contributed by atoms with Crippen LogP contribution in [0.15, 0.2) is 187 Å². The van der Waals surface area contributed by atoms with E-state index in [-0.39, 0.29) is 29.1 Å². The van der Waals surface area contributed by atoms with Crippen LogP contribution in [-0.4, -0.2) is 0 Å². The molecule has 0 bridgehead atoms. The Hall–Kier alpha value is -6.90. The van der Waals surface area contributed by atoms with Gasteiger partial charge in [0.1, 0.15) is 0 Å². The Bertz CT molecular complexity index is 3100. The lowest BCUT2D eigenvalue weighted by molar-refractivity contribution is 0.499. The molecule has 3 aliphatic carbocycles. The van der Waals surface area contributed by atoms with Crippen LogP contribution in [-0.2, 0) is 0 Å². The largest absolute Gasteiger partial charge is 0.309 e. The lowest BCUT2D eigenvalue weighted by Gasteiger charge is -2.42. The van der Waals surface area contributed by atoms with Crippen molar-refractivity contribution < 1.29 is 0 Å². The fourth-order valence-corrected chi connectivity index (χ4v) is 10.6. The highest BCUT2D eigenvalue weighted by molar-refractivity contribution is 5.98. The van der Waals surface area contributed by atoms with Crippen molar-refractivity contribution in [3.05, 3.63) is 226 Å². The van der Waals surface area contributed by atoms with E-state index in [2.05, 4.69) is 260 Å². The van der Waals surface area contributed by atoms with Gasteiger partial charge in [-0.05, 0) is 123 Å². The minimum absolute atomic E-state index is 0.0323. The predicted octanol–water partition coefficient (Wildman–Crippen LogP) is 18.5. The SMILES string of the molecule is Cc1ccccc1N(c1cc(-c2ccccc2)ccc1C(C)C)c1cc(N(c2ccccc2C)c2cc(-c3ccccc3)ccc2C(C)C)c2c3c1C=CC1=CC(C(C)(C)C)=CC(C=C2)C13. The first kappa shape index (κ1) is 43.0. The second kappa shape index (κ2) is 17.1. The fraction of sp³-hybridized carbons (Fsp3) is 0.219. The molecule has 2 nitrogen and oxygen atoms in total. The maximum absolute atomic E-state index is 2.61. The van der Waals surface area contributed by atoms with E-state index < -0.39 is 0 Å². The molecule has 2 atom stereocenters. The molecule has 328 valence electrons. The van der Waals surface area contributed by atoms with Gasteiger partial charge in [0, 0.05) is 34.3 Å². The van der Waals surface area contributed by atoms with Gasteiger partial charge in [-0.3, -0.25) is 0 Å². The van der Waals surface area contributed by atoms with Crippen molar-refractivity contribution in [2.75, 3.05) is 9.80 Å². The Kier molecular flexibility index (Phi) is 11.2. The summed E-state index contributed by atoms with van der Waals surface area (Å²) >= 11 is 0. The highest BCUT2D eigenvalue weighted by Crippen LogP contribution is 2.58. The monoisotopic (exact) mass is 858 g/mol. The van der Waals surface area contributed by atoms with Crippen molar-refractivity contribution in [3.8, 4) is 22.3 Å². The molecule has 0 radical (unpaired) electrons. The molecular weight excluding hydrogens is 797 g/mol. The molecule has 0 heterocycles. The van der Waals surface area contributed by atoms with Crippen molar-refractivity contribution >= 4 is 46.3 Å². The zero-order chi connectivity index (χ0) is 45.9. The van der Waals surface area contributed by atoms with E-state index in [4.69, 9.17) is 0 Å². The van der Waals surface area contributed by atoms with E-state index in [9.17, 15) is 0 Å². The van der Waals surface area contributed by atoms with Gasteiger partial charge in [-0.1, -0.05) is 206 Å². The third kappa shape index (κ3) is 7.67. The standard InChI is InChI=1S/C64H62N2/c1-41(2)52-32-28-47(45-22-12-10-13-23-45)38-58(52)65(56-26-18-16-20-43(56)5)60-40-61(55-35-31-50-37-51(64(7,8)9)36-49-30-34-54(60)63(55)62(49)50)66(57-27-19-17-21-44(57)6)59-39-48(29-33-53(59)42(3)4)46-24-14-11-15-25-46/h10-42,49,62H,1-9H3. The third-order valence-electron chi connectivity index (χ3n) is 14.1. The number of allylic oxidation sites excluding steroid dienone is 6. The van der Waals surface area contributed by atoms with Gasteiger partial charge >= 0.3 is 0 Å². The third-order valence-corrected chi connectivity index (χ3v) is 14.1. The molecule has 3 aliphatic rings. The molecule has 0 amide bonds. The molecule has 66 heavy (non-hydrogen) atoms. The molecule has 0 aromatic heterocycles. The summed E-state index contributed by atoms with van der Waals surface area (Å²) in [7, 11) is 0. The van der Waals surface area contributed by atoms with E-state index in [0.717, 1.165) is 0 Å². The zero-order valence-electron chi connectivity index (χ0n) is 40.1. The molecular formula is C64H62N2. The molecule has 0 saturated carbocycles. The lowest BCUT2D eigenvalue weighted by atomic mass is 9.65. The molecule has 0 spiro atoms. The number of aryl methyl sites for hydroxylation is 2. The van der Waals surface area contributed by atoms with Crippen molar-refractivity contribution in [2.45, 2.75) is 80.1 Å². The minimum Gasteiger partial charge on any atom is -0.309 e. The average molecular weight is 859 g/mol. The number of para-hydroxylation sites is 2. The molecule has 7 aromatic rings. The van der Waals surface area contributed by atoms with Gasteiger partial charge in [0.2, 0.25) is 0 Å². The second-order valence-electron chi connectivity index (χ2n) is 20.3. The first-order chi connectivity index (χ1) is 31.9. The van der Waals surface area contributed by atoms with Crippen molar-refractivity contribution in [2.24, 2.45) is 11.3 Å². The zero-order valence-corrected chi connectivity index (χ0v) is 40.1. The van der Waals surface area contributed by atoms with E-state index in [1.165, 1.54) is 106 Å². The summed E-state index contributed by atoms with van der Waals surface area (Å²) in [4.78, 5) is 5.23. The maximum Gasteiger partial charge on any atom is 0.0558 e. The predicted molar refractivity (Wildman–Crippen MR) is 284 cm³/mol. The molecule has 7 aromatic carbocycles. The van der Waals surface area contributed by atoms with Crippen LogP contribution in [0.1, 0.15) is 105 Å². The van der Waals surface area contributed by atoms with Gasteiger partial charge in [0.25, 0.3) is 0 Å². The number of hydrogen-bond donors (Lipinski definition) is 0. The Balaban J connectivity index is 1.35. The van der Waals surface area contributed by atoms with Crippen LogP contribution in [0, 0.1) is 25.2 Å². The van der Waals surface area contributed by atoms with Crippen molar-refractivity contribution in [1.82, 2.24) is 0 Å². The van der Waals surface area contributed by atoms with Crippen LogP contribution in [0.25, 0.3) is 34.4 Å². The Morgan fingerprint density at radius 2 is 0.924 bits per heavy atom. The Morgan fingerprint density at radius 3 is 1.39 bits per heavy atom. The summed E-state index contributed by atoms with van der Waals surface area (Å²) in [5.74, 6) is 0.962. The normalized spacial score (nSPS) is 16.0. The molecule has 0 fully saturated rings. The molecule has 0 saturated heterocycles. The van der Waals surface area contributed by atoms with Gasteiger partial charge in [-0.15, -0.1) is 0 Å². The van der Waals surface area contributed by atoms with Crippen LogP contribution in [0.5, 0.6) is 0 Å². The van der Waals surface area contributed by atoms with Gasteiger partial charge in [-0.25, -0.2) is 0 Å². The van der Waals surface area contributed by atoms with E-state index in [1.54, 1.807) is 0 Å². The summed E-state index contributed by atoms with van der Waals surface area (Å²) in [6, 6.07) is 56.4. The number of rotatable bonds is 10. The molecule has 0 N–H and O–H groups in total. The lowest BCUT2D eigenvalue weighted by Crippen LogP contribution is -2.27. The molecule has 2 heteroatoms. The van der Waals surface area contributed by atoms with Crippen molar-refractivity contribution in [3.63, 3.8) is 0 Å².